The second kappa shape index (κ2) is 8.34. The maximum Gasteiger partial charge on any atom is 0.251 e. The maximum absolute atomic E-state index is 12.4. The molecule has 6 heteroatoms. The molecule has 0 spiro atoms. The Labute approximate surface area is 110 Å². The SMILES string of the molecule is CCN1CCOC(CN(CCBr)CC(F)F)C1. The van der Waals surface area contributed by atoms with Gasteiger partial charge < -0.3 is 4.74 Å². The van der Waals surface area contributed by atoms with Crippen molar-refractivity contribution in [3.8, 4) is 0 Å². The fourth-order valence-electron chi connectivity index (χ4n) is 2.04. The molecule has 0 N–H and O–H groups in total. The molecule has 0 amide bonds. The fourth-order valence-corrected chi connectivity index (χ4v) is 2.54. The zero-order valence-corrected chi connectivity index (χ0v) is 11.8. The summed E-state index contributed by atoms with van der Waals surface area (Å²) < 4.78 is 30.4. The highest BCUT2D eigenvalue weighted by Gasteiger charge is 2.22. The number of ether oxygens (including phenoxy) is 1. The molecule has 0 aromatic carbocycles. The van der Waals surface area contributed by atoms with E-state index in [1.807, 2.05) is 0 Å². The molecule has 102 valence electrons. The van der Waals surface area contributed by atoms with E-state index in [1.165, 1.54) is 0 Å². The third kappa shape index (κ3) is 6.08. The number of hydrogen-bond acceptors (Lipinski definition) is 3. The van der Waals surface area contributed by atoms with E-state index < -0.39 is 6.43 Å². The van der Waals surface area contributed by atoms with Gasteiger partial charge in [0.15, 0.2) is 0 Å². The van der Waals surface area contributed by atoms with Crippen molar-refractivity contribution in [3.63, 3.8) is 0 Å². The smallest absolute Gasteiger partial charge is 0.251 e. The quantitative estimate of drug-likeness (QED) is 0.665. The predicted molar refractivity (Wildman–Crippen MR) is 68.1 cm³/mol. The molecule has 1 unspecified atom stereocenters. The molecular formula is C11H21BrF2N2O. The number of rotatable bonds is 7. The number of halogens is 3. The maximum atomic E-state index is 12.4. The van der Waals surface area contributed by atoms with Crippen LogP contribution in [-0.4, -0.2) is 73.5 Å². The summed E-state index contributed by atoms with van der Waals surface area (Å²) in [6.45, 7) is 6.65. The number of nitrogens with zero attached hydrogens (tertiary/aromatic N) is 2. The molecule has 3 nitrogen and oxygen atoms in total. The van der Waals surface area contributed by atoms with Gasteiger partial charge in [0.05, 0.1) is 19.3 Å². The third-order valence-electron chi connectivity index (χ3n) is 2.93. The Morgan fingerprint density at radius 3 is 2.88 bits per heavy atom. The van der Waals surface area contributed by atoms with Crippen molar-refractivity contribution in [2.45, 2.75) is 19.5 Å². The lowest BCUT2D eigenvalue weighted by Crippen LogP contribution is -2.48. The van der Waals surface area contributed by atoms with Gasteiger partial charge in [0, 0.05) is 31.5 Å². The van der Waals surface area contributed by atoms with Crippen LogP contribution in [0.2, 0.25) is 0 Å². The Bertz CT molecular complexity index is 210. The highest BCUT2D eigenvalue weighted by Crippen LogP contribution is 2.08. The van der Waals surface area contributed by atoms with Crippen molar-refractivity contribution in [1.29, 1.82) is 0 Å². The predicted octanol–water partition coefficient (Wildman–Crippen LogP) is 1.67. The van der Waals surface area contributed by atoms with Crippen molar-refractivity contribution in [3.05, 3.63) is 0 Å². The second-order valence-electron chi connectivity index (χ2n) is 4.23. The molecule has 0 aromatic heterocycles. The van der Waals surface area contributed by atoms with Crippen LogP contribution in [0.3, 0.4) is 0 Å². The van der Waals surface area contributed by atoms with Gasteiger partial charge in [-0.05, 0) is 6.54 Å². The van der Waals surface area contributed by atoms with Crippen LogP contribution in [-0.2, 0) is 4.74 Å². The van der Waals surface area contributed by atoms with Gasteiger partial charge in [0.1, 0.15) is 0 Å². The van der Waals surface area contributed by atoms with Gasteiger partial charge >= 0.3 is 0 Å². The van der Waals surface area contributed by atoms with Crippen LogP contribution in [0.15, 0.2) is 0 Å². The lowest BCUT2D eigenvalue weighted by Gasteiger charge is -2.35. The first kappa shape index (κ1) is 15.3. The van der Waals surface area contributed by atoms with Gasteiger partial charge in [-0.25, -0.2) is 8.78 Å². The fraction of sp³-hybridized carbons (Fsp3) is 1.00. The van der Waals surface area contributed by atoms with Gasteiger partial charge in [-0.15, -0.1) is 0 Å². The molecule has 0 aliphatic carbocycles. The van der Waals surface area contributed by atoms with E-state index in [0.29, 0.717) is 25.0 Å². The minimum atomic E-state index is -2.28. The summed E-state index contributed by atoms with van der Waals surface area (Å²) in [6, 6.07) is 0. The zero-order valence-electron chi connectivity index (χ0n) is 10.2. The topological polar surface area (TPSA) is 15.7 Å². The van der Waals surface area contributed by atoms with E-state index in [0.717, 1.165) is 19.6 Å². The van der Waals surface area contributed by atoms with Crippen molar-refractivity contribution < 1.29 is 13.5 Å². The monoisotopic (exact) mass is 314 g/mol. The second-order valence-corrected chi connectivity index (χ2v) is 5.02. The first-order valence-corrected chi connectivity index (χ1v) is 7.18. The Hall–Kier alpha value is 0.220. The normalized spacial score (nSPS) is 22.6. The molecule has 1 atom stereocenters. The highest BCUT2D eigenvalue weighted by atomic mass is 79.9. The molecule has 1 rings (SSSR count). The lowest BCUT2D eigenvalue weighted by molar-refractivity contribution is -0.0467. The minimum absolute atomic E-state index is 0.0569. The largest absolute Gasteiger partial charge is 0.374 e. The molecule has 0 saturated carbocycles. The molecular weight excluding hydrogens is 294 g/mol. The summed E-state index contributed by atoms with van der Waals surface area (Å²) in [5.74, 6) is 0. The van der Waals surface area contributed by atoms with Gasteiger partial charge in [0.25, 0.3) is 6.43 Å². The van der Waals surface area contributed by atoms with Gasteiger partial charge in [-0.3, -0.25) is 9.80 Å². The molecule has 1 heterocycles. The molecule has 1 fully saturated rings. The Balaban J connectivity index is 2.36. The Morgan fingerprint density at radius 1 is 1.53 bits per heavy atom. The van der Waals surface area contributed by atoms with Crippen LogP contribution in [0.5, 0.6) is 0 Å². The van der Waals surface area contributed by atoms with Crippen molar-refractivity contribution >= 4 is 15.9 Å². The molecule has 1 saturated heterocycles. The van der Waals surface area contributed by atoms with Crippen LogP contribution in [0.1, 0.15) is 6.92 Å². The van der Waals surface area contributed by atoms with Gasteiger partial charge in [-0.2, -0.15) is 0 Å². The third-order valence-corrected chi connectivity index (χ3v) is 3.28. The molecule has 0 bridgehead atoms. The number of likely N-dealkylation sites (N-methyl/N-ethyl adjacent to an activating group) is 1. The van der Waals surface area contributed by atoms with Crippen molar-refractivity contribution in [2.75, 3.05) is 51.2 Å². The molecule has 1 aliphatic rings. The summed E-state index contributed by atoms with van der Waals surface area (Å²) >= 11 is 3.29. The summed E-state index contributed by atoms with van der Waals surface area (Å²) in [5.41, 5.74) is 0. The summed E-state index contributed by atoms with van der Waals surface area (Å²) in [7, 11) is 0. The van der Waals surface area contributed by atoms with E-state index in [4.69, 9.17) is 4.74 Å². The van der Waals surface area contributed by atoms with E-state index in [2.05, 4.69) is 27.8 Å². The zero-order chi connectivity index (χ0) is 12.7. The van der Waals surface area contributed by atoms with Gasteiger partial charge in [0.2, 0.25) is 0 Å². The average Bonchev–Trinajstić information content (AvgIpc) is 2.29. The first-order chi connectivity index (χ1) is 8.15. The molecule has 17 heavy (non-hydrogen) atoms. The van der Waals surface area contributed by atoms with E-state index in [-0.39, 0.29) is 12.6 Å². The van der Waals surface area contributed by atoms with Crippen LogP contribution in [0.25, 0.3) is 0 Å². The van der Waals surface area contributed by atoms with E-state index >= 15 is 0 Å². The lowest BCUT2D eigenvalue weighted by atomic mass is 10.2. The summed E-state index contributed by atoms with van der Waals surface area (Å²) in [6.07, 6.45) is -2.22. The number of alkyl halides is 3. The standard InChI is InChI=1S/C11H21BrF2N2O/c1-2-15-5-6-17-10(7-15)8-16(4-3-12)9-11(13)14/h10-11H,2-9H2,1H3. The Kier molecular flexibility index (Phi) is 7.50. The molecule has 1 aliphatic heterocycles. The average molecular weight is 315 g/mol. The number of hydrogen-bond donors (Lipinski definition) is 0. The van der Waals surface area contributed by atoms with E-state index in [9.17, 15) is 8.78 Å². The first-order valence-electron chi connectivity index (χ1n) is 6.06. The Morgan fingerprint density at radius 2 is 2.29 bits per heavy atom. The molecule has 0 aromatic rings. The molecule has 0 radical (unpaired) electrons. The highest BCUT2D eigenvalue weighted by molar-refractivity contribution is 9.09. The van der Waals surface area contributed by atoms with Gasteiger partial charge in [-0.1, -0.05) is 22.9 Å². The number of morpholine rings is 1. The minimum Gasteiger partial charge on any atom is -0.374 e. The van der Waals surface area contributed by atoms with Crippen LogP contribution < -0.4 is 0 Å². The van der Waals surface area contributed by atoms with Crippen molar-refractivity contribution in [1.82, 2.24) is 9.80 Å². The van der Waals surface area contributed by atoms with Crippen molar-refractivity contribution in [2.24, 2.45) is 0 Å². The summed E-state index contributed by atoms with van der Waals surface area (Å²) in [5, 5.41) is 0.712. The van der Waals surface area contributed by atoms with Crippen LogP contribution in [0.4, 0.5) is 8.78 Å². The van der Waals surface area contributed by atoms with Crippen LogP contribution in [0, 0.1) is 0 Å². The summed E-state index contributed by atoms with van der Waals surface area (Å²) in [4.78, 5) is 4.06. The van der Waals surface area contributed by atoms with Crippen LogP contribution >= 0.6 is 15.9 Å². The van der Waals surface area contributed by atoms with E-state index in [1.54, 1.807) is 4.90 Å².